The summed E-state index contributed by atoms with van der Waals surface area (Å²) in [6.07, 6.45) is 7.61. The SMILES string of the molecule is C[C@H](NC(=S)[C@@H](CCC1CCCCC1)NC(=O)OC(C)(C)C)c1ccc([N+](=O)[O-])cc1. The van der Waals surface area contributed by atoms with E-state index in [-0.39, 0.29) is 17.8 Å². The van der Waals surface area contributed by atoms with Crippen molar-refractivity contribution in [1.29, 1.82) is 0 Å². The normalized spacial score (nSPS) is 16.8. The molecule has 7 nitrogen and oxygen atoms in total. The Morgan fingerprint density at radius 3 is 2.35 bits per heavy atom. The van der Waals surface area contributed by atoms with E-state index in [1.807, 2.05) is 27.7 Å². The van der Waals surface area contributed by atoms with Crippen LogP contribution >= 0.6 is 12.2 Å². The average Bonchev–Trinajstić information content (AvgIpc) is 2.70. The summed E-state index contributed by atoms with van der Waals surface area (Å²) in [5, 5.41) is 17.1. The zero-order chi connectivity index (χ0) is 23.0. The molecule has 2 atom stereocenters. The average molecular weight is 450 g/mol. The Hall–Kier alpha value is -2.22. The van der Waals surface area contributed by atoms with Crippen molar-refractivity contribution in [3.05, 3.63) is 39.9 Å². The number of nitro benzene ring substituents is 1. The Balaban J connectivity index is 2.02. The standard InChI is InChI=1S/C23H35N3O4S/c1-16(18-11-13-19(14-12-18)26(28)29)24-21(31)20(25-22(27)30-23(2,3)4)15-10-17-8-6-5-7-9-17/h11-14,16-17,20H,5-10,15H2,1-4H3,(H,24,31)(H,25,27)/t16-,20+/m0/s1. The fraction of sp³-hybridized carbons (Fsp3) is 0.652. The Labute approximate surface area is 190 Å². The number of nitrogens with zero attached hydrogens (tertiary/aromatic N) is 1. The fourth-order valence-electron chi connectivity index (χ4n) is 3.88. The number of non-ortho nitro benzene ring substituents is 1. The van der Waals surface area contributed by atoms with Gasteiger partial charge < -0.3 is 15.4 Å². The number of amides is 1. The van der Waals surface area contributed by atoms with Gasteiger partial charge in [-0.25, -0.2) is 4.79 Å². The zero-order valence-electron chi connectivity index (χ0n) is 19.0. The number of nitrogens with one attached hydrogen (secondary N) is 2. The second-order valence-corrected chi connectivity index (χ2v) is 9.80. The first-order valence-corrected chi connectivity index (χ1v) is 11.5. The molecule has 1 amide bonds. The summed E-state index contributed by atoms with van der Waals surface area (Å²) < 4.78 is 5.43. The second kappa shape index (κ2) is 11.4. The lowest BCUT2D eigenvalue weighted by atomic mass is 9.85. The fourth-order valence-corrected chi connectivity index (χ4v) is 4.23. The van der Waals surface area contributed by atoms with Crippen LogP contribution in [0.5, 0.6) is 0 Å². The summed E-state index contributed by atoms with van der Waals surface area (Å²) >= 11 is 5.66. The third-order valence-electron chi connectivity index (χ3n) is 5.56. The summed E-state index contributed by atoms with van der Waals surface area (Å²) in [7, 11) is 0. The molecule has 172 valence electrons. The molecular weight excluding hydrogens is 414 g/mol. The molecule has 0 unspecified atom stereocenters. The monoisotopic (exact) mass is 449 g/mol. The van der Waals surface area contributed by atoms with E-state index in [9.17, 15) is 14.9 Å². The third kappa shape index (κ3) is 8.81. The number of hydrogen-bond donors (Lipinski definition) is 2. The van der Waals surface area contributed by atoms with E-state index in [1.165, 1.54) is 44.2 Å². The topological polar surface area (TPSA) is 93.5 Å². The highest BCUT2D eigenvalue weighted by molar-refractivity contribution is 7.80. The summed E-state index contributed by atoms with van der Waals surface area (Å²) in [6, 6.07) is 5.93. The van der Waals surface area contributed by atoms with Crippen LogP contribution in [0.1, 0.15) is 84.2 Å². The molecule has 0 spiro atoms. The summed E-state index contributed by atoms with van der Waals surface area (Å²) in [5.41, 5.74) is 0.353. The number of rotatable bonds is 8. The van der Waals surface area contributed by atoms with Crippen molar-refractivity contribution in [3.8, 4) is 0 Å². The third-order valence-corrected chi connectivity index (χ3v) is 5.96. The summed E-state index contributed by atoms with van der Waals surface area (Å²) in [4.78, 5) is 23.4. The number of benzene rings is 1. The second-order valence-electron chi connectivity index (χ2n) is 9.36. The largest absolute Gasteiger partial charge is 0.444 e. The Bertz CT molecular complexity index is 755. The van der Waals surface area contributed by atoms with Crippen LogP contribution in [0.4, 0.5) is 10.5 Å². The van der Waals surface area contributed by atoms with Crippen molar-refractivity contribution >= 4 is 29.0 Å². The lowest BCUT2D eigenvalue weighted by Gasteiger charge is -2.28. The molecule has 2 rings (SSSR count). The highest BCUT2D eigenvalue weighted by atomic mass is 32.1. The Morgan fingerprint density at radius 1 is 1.19 bits per heavy atom. The molecule has 0 aliphatic heterocycles. The minimum absolute atomic E-state index is 0.0514. The lowest BCUT2D eigenvalue weighted by Crippen LogP contribution is -2.48. The molecule has 2 N–H and O–H groups in total. The molecular formula is C23H35N3O4S. The van der Waals surface area contributed by atoms with Crippen molar-refractivity contribution in [3.63, 3.8) is 0 Å². The van der Waals surface area contributed by atoms with E-state index < -0.39 is 16.6 Å². The van der Waals surface area contributed by atoms with Crippen LogP contribution in [0, 0.1) is 16.0 Å². The number of carbonyl (C=O) groups excluding carboxylic acids is 1. The molecule has 8 heteroatoms. The number of nitro groups is 1. The molecule has 1 aromatic carbocycles. The van der Waals surface area contributed by atoms with Gasteiger partial charge in [-0.2, -0.15) is 0 Å². The smallest absolute Gasteiger partial charge is 0.408 e. The van der Waals surface area contributed by atoms with E-state index in [4.69, 9.17) is 17.0 Å². The first-order chi connectivity index (χ1) is 14.5. The first-order valence-electron chi connectivity index (χ1n) is 11.1. The van der Waals surface area contributed by atoms with Gasteiger partial charge in [-0.05, 0) is 52.0 Å². The maximum Gasteiger partial charge on any atom is 0.408 e. The number of carbonyl (C=O) groups is 1. The van der Waals surface area contributed by atoms with Gasteiger partial charge >= 0.3 is 6.09 Å². The molecule has 1 aliphatic rings. The van der Waals surface area contributed by atoms with Crippen molar-refractivity contribution in [2.24, 2.45) is 5.92 Å². The summed E-state index contributed by atoms with van der Waals surface area (Å²) in [6.45, 7) is 7.43. The van der Waals surface area contributed by atoms with Crippen LogP contribution < -0.4 is 10.6 Å². The maximum atomic E-state index is 12.4. The van der Waals surface area contributed by atoms with Gasteiger partial charge in [-0.1, -0.05) is 56.5 Å². The van der Waals surface area contributed by atoms with Gasteiger partial charge in [0.2, 0.25) is 0 Å². The lowest BCUT2D eigenvalue weighted by molar-refractivity contribution is -0.384. The maximum absolute atomic E-state index is 12.4. The molecule has 0 bridgehead atoms. The van der Waals surface area contributed by atoms with Crippen molar-refractivity contribution in [2.45, 2.75) is 90.3 Å². The van der Waals surface area contributed by atoms with Crippen LogP contribution in [0.15, 0.2) is 24.3 Å². The number of hydrogen-bond acceptors (Lipinski definition) is 5. The van der Waals surface area contributed by atoms with Crippen molar-refractivity contribution in [2.75, 3.05) is 0 Å². The van der Waals surface area contributed by atoms with E-state index in [0.29, 0.717) is 10.9 Å². The molecule has 1 aliphatic carbocycles. The molecule has 0 aromatic heterocycles. The van der Waals surface area contributed by atoms with Crippen LogP contribution in [0.2, 0.25) is 0 Å². The highest BCUT2D eigenvalue weighted by Gasteiger charge is 2.25. The molecule has 1 fully saturated rings. The van der Waals surface area contributed by atoms with E-state index in [1.54, 1.807) is 12.1 Å². The summed E-state index contributed by atoms with van der Waals surface area (Å²) in [5.74, 6) is 0.673. The number of alkyl carbamates (subject to hydrolysis) is 1. The molecule has 0 heterocycles. The Morgan fingerprint density at radius 2 is 1.81 bits per heavy atom. The van der Waals surface area contributed by atoms with Crippen LogP contribution in [0.25, 0.3) is 0 Å². The van der Waals surface area contributed by atoms with E-state index in [2.05, 4.69) is 10.6 Å². The van der Waals surface area contributed by atoms with Gasteiger partial charge in [-0.15, -0.1) is 0 Å². The minimum atomic E-state index is -0.584. The number of thiocarbonyl (C=S) groups is 1. The molecule has 0 saturated heterocycles. The van der Waals surface area contributed by atoms with E-state index in [0.717, 1.165) is 18.4 Å². The zero-order valence-corrected chi connectivity index (χ0v) is 19.8. The van der Waals surface area contributed by atoms with E-state index >= 15 is 0 Å². The first kappa shape index (κ1) is 25.0. The molecule has 31 heavy (non-hydrogen) atoms. The van der Waals surface area contributed by atoms with Crippen LogP contribution in [-0.2, 0) is 4.74 Å². The van der Waals surface area contributed by atoms with Crippen LogP contribution in [-0.4, -0.2) is 27.6 Å². The molecule has 0 radical (unpaired) electrons. The highest BCUT2D eigenvalue weighted by Crippen LogP contribution is 2.28. The molecule has 1 saturated carbocycles. The van der Waals surface area contributed by atoms with Crippen LogP contribution in [0.3, 0.4) is 0 Å². The van der Waals surface area contributed by atoms with Gasteiger partial charge in [-0.3, -0.25) is 10.1 Å². The predicted octanol–water partition coefficient (Wildman–Crippen LogP) is 5.83. The predicted molar refractivity (Wildman–Crippen MR) is 126 cm³/mol. The molecule has 1 aromatic rings. The quantitative estimate of drug-likeness (QED) is 0.295. The van der Waals surface area contributed by atoms with Gasteiger partial charge in [0.1, 0.15) is 5.60 Å². The minimum Gasteiger partial charge on any atom is -0.444 e. The number of ether oxygens (including phenoxy) is 1. The van der Waals surface area contributed by atoms with Gasteiger partial charge in [0.15, 0.2) is 0 Å². The van der Waals surface area contributed by atoms with Crippen molar-refractivity contribution < 1.29 is 14.5 Å². The Kier molecular flexibility index (Phi) is 9.22. The van der Waals surface area contributed by atoms with Gasteiger partial charge in [0.05, 0.1) is 16.0 Å². The van der Waals surface area contributed by atoms with Gasteiger partial charge in [0.25, 0.3) is 5.69 Å². The van der Waals surface area contributed by atoms with Gasteiger partial charge in [0, 0.05) is 18.2 Å². The van der Waals surface area contributed by atoms with Crippen molar-refractivity contribution in [1.82, 2.24) is 10.6 Å².